The highest BCUT2D eigenvalue weighted by atomic mass is 16.5. The Bertz CT molecular complexity index is 748. The molecule has 0 N–H and O–H groups in total. The summed E-state index contributed by atoms with van der Waals surface area (Å²) in [7, 11) is 0. The van der Waals surface area contributed by atoms with E-state index in [1.165, 1.54) is 11.1 Å². The van der Waals surface area contributed by atoms with Crippen LogP contribution in [-0.2, 0) is 11.2 Å². The summed E-state index contributed by atoms with van der Waals surface area (Å²) >= 11 is 0. The van der Waals surface area contributed by atoms with Crippen molar-refractivity contribution < 1.29 is 9.53 Å². The van der Waals surface area contributed by atoms with Gasteiger partial charge in [-0.25, -0.2) is 0 Å². The Morgan fingerprint density at radius 2 is 1.70 bits per heavy atom. The van der Waals surface area contributed by atoms with Gasteiger partial charge in [-0.15, -0.1) is 0 Å². The number of carbonyl (C=O) groups is 1. The highest BCUT2D eigenvalue weighted by molar-refractivity contribution is 5.81. The fraction of sp³-hybridized carbons (Fsp3) is 0.391. The zero-order valence-corrected chi connectivity index (χ0v) is 16.4. The van der Waals surface area contributed by atoms with E-state index in [0.717, 1.165) is 6.42 Å². The fourth-order valence-corrected chi connectivity index (χ4v) is 2.87. The Kier molecular flexibility index (Phi) is 7.88. The molecule has 2 aromatic rings. The zero-order chi connectivity index (χ0) is 19.6. The van der Waals surface area contributed by atoms with Crippen LogP contribution in [0.1, 0.15) is 44.2 Å². The summed E-state index contributed by atoms with van der Waals surface area (Å²) in [5.41, 5.74) is 2.41. The first-order valence-corrected chi connectivity index (χ1v) is 9.47. The van der Waals surface area contributed by atoms with Crippen LogP contribution in [-0.4, -0.2) is 30.0 Å². The highest BCUT2D eigenvalue weighted by Gasteiger charge is 2.22. The lowest BCUT2D eigenvalue weighted by atomic mass is 10.0. The zero-order valence-electron chi connectivity index (χ0n) is 16.4. The van der Waals surface area contributed by atoms with Gasteiger partial charge >= 0.3 is 0 Å². The second-order valence-electron chi connectivity index (χ2n) is 6.95. The molecule has 1 unspecified atom stereocenters. The van der Waals surface area contributed by atoms with Gasteiger partial charge < -0.3 is 9.64 Å². The van der Waals surface area contributed by atoms with Crippen molar-refractivity contribution in [3.05, 3.63) is 65.7 Å². The molecule has 0 fully saturated rings. The summed E-state index contributed by atoms with van der Waals surface area (Å²) < 4.78 is 5.85. The normalized spacial score (nSPS) is 11.7. The van der Waals surface area contributed by atoms with Crippen LogP contribution in [0.5, 0.6) is 5.75 Å². The average molecular weight is 364 g/mol. The van der Waals surface area contributed by atoms with Gasteiger partial charge in [0.15, 0.2) is 6.10 Å². The SMILES string of the molecule is CC(Oc1ccc(C(C)C)cc1)C(=O)N(CCC#N)CCc1ccccc1. The number of amides is 1. The Morgan fingerprint density at radius 1 is 1.04 bits per heavy atom. The predicted octanol–water partition coefficient (Wildman–Crippen LogP) is 4.56. The van der Waals surface area contributed by atoms with Crippen LogP contribution in [0.3, 0.4) is 0 Å². The van der Waals surface area contributed by atoms with Gasteiger partial charge in [0.1, 0.15) is 5.75 Å². The number of carbonyl (C=O) groups excluding carboxylic acids is 1. The summed E-state index contributed by atoms with van der Waals surface area (Å²) in [6.07, 6.45) is 0.480. The van der Waals surface area contributed by atoms with Gasteiger partial charge in [0.05, 0.1) is 12.5 Å². The molecule has 142 valence electrons. The van der Waals surface area contributed by atoms with E-state index in [4.69, 9.17) is 10.00 Å². The number of nitrogens with zero attached hydrogens (tertiary/aromatic N) is 2. The maximum absolute atomic E-state index is 12.8. The molecule has 27 heavy (non-hydrogen) atoms. The molecule has 0 aliphatic rings. The minimum absolute atomic E-state index is 0.0888. The van der Waals surface area contributed by atoms with Crippen LogP contribution in [0, 0.1) is 11.3 Å². The van der Waals surface area contributed by atoms with Gasteiger partial charge in [-0.3, -0.25) is 4.79 Å². The van der Waals surface area contributed by atoms with Crippen LogP contribution in [0.4, 0.5) is 0 Å². The van der Waals surface area contributed by atoms with Gasteiger partial charge in [0.25, 0.3) is 5.91 Å². The van der Waals surface area contributed by atoms with Crippen LogP contribution < -0.4 is 4.74 Å². The minimum Gasteiger partial charge on any atom is -0.481 e. The van der Waals surface area contributed by atoms with Crippen LogP contribution in [0.15, 0.2) is 54.6 Å². The summed E-state index contributed by atoms with van der Waals surface area (Å²) in [4.78, 5) is 14.6. The van der Waals surface area contributed by atoms with Crippen LogP contribution in [0.2, 0.25) is 0 Å². The molecule has 0 aliphatic carbocycles. The van der Waals surface area contributed by atoms with E-state index in [1.807, 2.05) is 54.6 Å². The lowest BCUT2D eigenvalue weighted by molar-refractivity contribution is -0.137. The standard InChI is InChI=1S/C23H28N2O2/c1-18(2)21-10-12-22(13-11-21)27-19(3)23(26)25(16-7-15-24)17-14-20-8-5-4-6-9-20/h4-6,8-13,18-19H,7,14,16-17H2,1-3H3. The van der Waals surface area contributed by atoms with Gasteiger partial charge in [-0.2, -0.15) is 5.26 Å². The first-order chi connectivity index (χ1) is 13.0. The van der Waals surface area contributed by atoms with E-state index in [-0.39, 0.29) is 5.91 Å². The topological polar surface area (TPSA) is 53.3 Å². The minimum atomic E-state index is -0.593. The summed E-state index contributed by atoms with van der Waals surface area (Å²) in [6.45, 7) is 7.04. The second-order valence-corrected chi connectivity index (χ2v) is 6.95. The van der Waals surface area contributed by atoms with Crippen molar-refractivity contribution in [2.75, 3.05) is 13.1 Å². The number of nitriles is 1. The Hall–Kier alpha value is -2.80. The number of hydrogen-bond acceptors (Lipinski definition) is 3. The number of rotatable bonds is 9. The molecule has 1 amide bonds. The highest BCUT2D eigenvalue weighted by Crippen LogP contribution is 2.20. The van der Waals surface area contributed by atoms with Crippen molar-refractivity contribution in [2.45, 2.75) is 45.6 Å². The van der Waals surface area contributed by atoms with Gasteiger partial charge in [0.2, 0.25) is 0 Å². The van der Waals surface area contributed by atoms with Gasteiger partial charge in [-0.05, 0) is 42.5 Å². The predicted molar refractivity (Wildman–Crippen MR) is 108 cm³/mol. The van der Waals surface area contributed by atoms with E-state index in [1.54, 1.807) is 11.8 Å². The molecular weight excluding hydrogens is 336 g/mol. The maximum atomic E-state index is 12.8. The molecular formula is C23H28N2O2. The van der Waals surface area contributed by atoms with Crippen molar-refractivity contribution in [3.63, 3.8) is 0 Å². The molecule has 0 saturated carbocycles. The largest absolute Gasteiger partial charge is 0.481 e. The van der Waals surface area contributed by atoms with E-state index in [9.17, 15) is 4.79 Å². The van der Waals surface area contributed by atoms with E-state index < -0.39 is 6.10 Å². The molecule has 0 radical (unpaired) electrons. The quantitative estimate of drug-likeness (QED) is 0.655. The summed E-state index contributed by atoms with van der Waals surface area (Å²) in [5.74, 6) is 1.05. The molecule has 0 heterocycles. The third-order valence-electron chi connectivity index (χ3n) is 4.53. The monoisotopic (exact) mass is 364 g/mol. The lowest BCUT2D eigenvalue weighted by Gasteiger charge is -2.25. The Morgan fingerprint density at radius 3 is 2.30 bits per heavy atom. The summed E-state index contributed by atoms with van der Waals surface area (Å²) in [6, 6.07) is 20.0. The maximum Gasteiger partial charge on any atom is 0.263 e. The van der Waals surface area contributed by atoms with Gasteiger partial charge in [0, 0.05) is 13.1 Å². The van der Waals surface area contributed by atoms with Gasteiger partial charge in [-0.1, -0.05) is 56.3 Å². The van der Waals surface area contributed by atoms with Crippen molar-refractivity contribution >= 4 is 5.91 Å². The molecule has 0 aliphatic heterocycles. The third-order valence-corrected chi connectivity index (χ3v) is 4.53. The molecule has 1 atom stereocenters. The fourth-order valence-electron chi connectivity index (χ4n) is 2.87. The molecule has 0 bridgehead atoms. The molecule has 4 heteroatoms. The molecule has 4 nitrogen and oxygen atoms in total. The molecule has 0 saturated heterocycles. The summed E-state index contributed by atoms with van der Waals surface area (Å²) in [5, 5.41) is 8.91. The first-order valence-electron chi connectivity index (χ1n) is 9.47. The number of hydrogen-bond donors (Lipinski definition) is 0. The molecule has 2 rings (SSSR count). The van der Waals surface area contributed by atoms with Crippen molar-refractivity contribution in [3.8, 4) is 11.8 Å². The third kappa shape index (κ3) is 6.45. The van der Waals surface area contributed by atoms with E-state index in [2.05, 4.69) is 19.9 Å². The number of benzene rings is 2. The second kappa shape index (κ2) is 10.4. The van der Waals surface area contributed by atoms with E-state index in [0.29, 0.717) is 31.2 Å². The average Bonchev–Trinajstić information content (AvgIpc) is 2.68. The van der Waals surface area contributed by atoms with Crippen LogP contribution >= 0.6 is 0 Å². The molecule has 0 spiro atoms. The smallest absolute Gasteiger partial charge is 0.263 e. The lowest BCUT2D eigenvalue weighted by Crippen LogP contribution is -2.42. The van der Waals surface area contributed by atoms with Crippen molar-refractivity contribution in [1.82, 2.24) is 4.90 Å². The van der Waals surface area contributed by atoms with Crippen molar-refractivity contribution in [1.29, 1.82) is 5.26 Å². The Balaban J connectivity index is 1.98. The van der Waals surface area contributed by atoms with Crippen molar-refractivity contribution in [2.24, 2.45) is 0 Å². The van der Waals surface area contributed by atoms with Crippen LogP contribution in [0.25, 0.3) is 0 Å². The number of ether oxygens (including phenoxy) is 1. The molecule has 0 aromatic heterocycles. The Labute approximate surface area is 162 Å². The molecule has 2 aromatic carbocycles. The first kappa shape index (κ1) is 20.5. The van der Waals surface area contributed by atoms with E-state index >= 15 is 0 Å².